The molecule has 0 unspecified atom stereocenters. The highest BCUT2D eigenvalue weighted by atomic mass is 32.1. The second-order valence-corrected chi connectivity index (χ2v) is 6.51. The number of amides is 1. The Bertz CT molecular complexity index is 1040. The predicted octanol–water partition coefficient (Wildman–Crippen LogP) is 1.55. The van der Waals surface area contributed by atoms with E-state index in [1.807, 2.05) is 0 Å². The summed E-state index contributed by atoms with van der Waals surface area (Å²) in [5.74, 6) is -0.842. The summed E-state index contributed by atoms with van der Waals surface area (Å²) in [6, 6.07) is 5.91. The monoisotopic (exact) mass is 387 g/mol. The highest BCUT2D eigenvalue weighted by Crippen LogP contribution is 2.18. The lowest BCUT2D eigenvalue weighted by Gasteiger charge is -2.12. The van der Waals surface area contributed by atoms with Crippen LogP contribution in [0.2, 0.25) is 0 Å². The number of carbonyl (C=O) groups is 2. The second-order valence-electron chi connectivity index (χ2n) is 5.65. The standard InChI is InChI=1S/C17H17N5O4S/c1-3-26-14(23)8-11-9-27-17(18-11)19-15(24)10(2)22-16(25)12-6-4-5-7-13(12)20-21-22/h4-7,9-10H,3,8H2,1-2H3,(H,18,19,24)/t10-/m0/s1. The van der Waals surface area contributed by atoms with Crippen molar-refractivity contribution in [1.82, 2.24) is 20.0 Å². The van der Waals surface area contributed by atoms with Gasteiger partial charge in [0.25, 0.3) is 11.5 Å². The van der Waals surface area contributed by atoms with Gasteiger partial charge >= 0.3 is 5.97 Å². The highest BCUT2D eigenvalue weighted by Gasteiger charge is 2.20. The van der Waals surface area contributed by atoms with Crippen molar-refractivity contribution < 1.29 is 14.3 Å². The van der Waals surface area contributed by atoms with Gasteiger partial charge in [-0.2, -0.15) is 4.68 Å². The maximum Gasteiger partial charge on any atom is 0.311 e. The number of hydrogen-bond donors (Lipinski definition) is 1. The summed E-state index contributed by atoms with van der Waals surface area (Å²) in [5.41, 5.74) is 0.573. The first-order chi connectivity index (χ1) is 13.0. The van der Waals surface area contributed by atoms with Gasteiger partial charge in [-0.3, -0.25) is 14.4 Å². The van der Waals surface area contributed by atoms with Gasteiger partial charge in [-0.05, 0) is 26.0 Å². The first-order valence-corrected chi connectivity index (χ1v) is 9.12. The first-order valence-electron chi connectivity index (χ1n) is 8.24. The molecule has 0 radical (unpaired) electrons. The number of nitrogens with zero attached hydrogens (tertiary/aromatic N) is 4. The van der Waals surface area contributed by atoms with Crippen LogP contribution in [-0.2, 0) is 20.7 Å². The second kappa shape index (κ2) is 8.04. The van der Waals surface area contributed by atoms with E-state index in [9.17, 15) is 14.4 Å². The van der Waals surface area contributed by atoms with E-state index in [4.69, 9.17) is 4.74 Å². The van der Waals surface area contributed by atoms with Crippen LogP contribution < -0.4 is 10.9 Å². The zero-order valence-corrected chi connectivity index (χ0v) is 15.5. The lowest BCUT2D eigenvalue weighted by atomic mass is 10.2. The Morgan fingerprint density at radius 1 is 1.33 bits per heavy atom. The van der Waals surface area contributed by atoms with Crippen LogP contribution in [0.5, 0.6) is 0 Å². The number of anilines is 1. The van der Waals surface area contributed by atoms with E-state index < -0.39 is 17.5 Å². The third-order valence-corrected chi connectivity index (χ3v) is 4.56. The lowest BCUT2D eigenvalue weighted by molar-refractivity contribution is -0.142. The Labute approximate surface area is 158 Å². The van der Waals surface area contributed by atoms with Gasteiger partial charge in [0.15, 0.2) is 5.13 Å². The fraction of sp³-hybridized carbons (Fsp3) is 0.294. The smallest absolute Gasteiger partial charge is 0.311 e. The molecule has 0 fully saturated rings. The summed E-state index contributed by atoms with van der Waals surface area (Å²) >= 11 is 1.18. The Balaban J connectivity index is 1.73. The first kappa shape index (κ1) is 18.6. The van der Waals surface area contributed by atoms with Crippen LogP contribution >= 0.6 is 11.3 Å². The summed E-state index contributed by atoms with van der Waals surface area (Å²) in [6.45, 7) is 3.57. The molecule has 0 spiro atoms. The number of aromatic nitrogens is 4. The van der Waals surface area contributed by atoms with Gasteiger partial charge < -0.3 is 10.1 Å². The summed E-state index contributed by atoms with van der Waals surface area (Å²) in [5, 5.41) is 12.8. The molecule has 9 nitrogen and oxygen atoms in total. The molecule has 3 rings (SSSR count). The van der Waals surface area contributed by atoms with E-state index in [-0.39, 0.29) is 12.4 Å². The molecule has 2 aromatic heterocycles. The van der Waals surface area contributed by atoms with Crippen LogP contribution in [0.25, 0.3) is 10.9 Å². The largest absolute Gasteiger partial charge is 0.466 e. The molecule has 140 valence electrons. The molecule has 1 atom stereocenters. The number of rotatable bonds is 6. The SMILES string of the molecule is CCOC(=O)Cc1csc(NC(=O)[C@H](C)n2nnc3ccccc3c2=O)n1. The molecule has 2 heterocycles. The maximum atomic E-state index is 12.5. The average molecular weight is 387 g/mol. The van der Waals surface area contributed by atoms with E-state index in [0.29, 0.717) is 28.3 Å². The predicted molar refractivity (Wildman–Crippen MR) is 99.6 cm³/mol. The summed E-state index contributed by atoms with van der Waals surface area (Å²) < 4.78 is 5.90. The van der Waals surface area contributed by atoms with Gasteiger partial charge in [0, 0.05) is 5.38 Å². The number of thiazole rings is 1. The zero-order chi connectivity index (χ0) is 19.4. The minimum absolute atomic E-state index is 0.0331. The van der Waals surface area contributed by atoms with Crippen molar-refractivity contribution in [3.05, 3.63) is 45.7 Å². The Kier molecular flexibility index (Phi) is 5.55. The number of benzene rings is 1. The number of nitrogens with one attached hydrogen (secondary N) is 1. The van der Waals surface area contributed by atoms with E-state index in [1.54, 1.807) is 43.5 Å². The number of fused-ring (bicyclic) bond motifs is 1. The molecule has 1 amide bonds. The Hall–Kier alpha value is -3.14. The Morgan fingerprint density at radius 2 is 2.11 bits per heavy atom. The van der Waals surface area contributed by atoms with Gasteiger partial charge in [0.05, 0.1) is 24.1 Å². The third kappa shape index (κ3) is 4.17. The minimum Gasteiger partial charge on any atom is -0.466 e. The van der Waals surface area contributed by atoms with Crippen LogP contribution in [0, 0.1) is 0 Å². The van der Waals surface area contributed by atoms with Gasteiger partial charge in [-0.1, -0.05) is 17.3 Å². The van der Waals surface area contributed by atoms with Crippen molar-refractivity contribution in [2.24, 2.45) is 0 Å². The maximum absolute atomic E-state index is 12.5. The number of hydrogen-bond acceptors (Lipinski definition) is 8. The fourth-order valence-corrected chi connectivity index (χ4v) is 3.09. The summed E-state index contributed by atoms with van der Waals surface area (Å²) in [6.07, 6.45) is 0.0331. The molecular weight excluding hydrogens is 370 g/mol. The number of esters is 1. The summed E-state index contributed by atoms with van der Waals surface area (Å²) in [7, 11) is 0. The molecule has 0 saturated heterocycles. The van der Waals surface area contributed by atoms with Gasteiger partial charge in [-0.15, -0.1) is 16.4 Å². The van der Waals surface area contributed by atoms with Gasteiger partial charge in [0.1, 0.15) is 11.6 Å². The van der Waals surface area contributed by atoms with Gasteiger partial charge in [0.2, 0.25) is 0 Å². The van der Waals surface area contributed by atoms with Crippen LogP contribution in [0.15, 0.2) is 34.4 Å². The molecule has 0 saturated carbocycles. The van der Waals surface area contributed by atoms with Crippen LogP contribution in [-0.4, -0.2) is 38.5 Å². The molecule has 1 aromatic carbocycles. The molecule has 0 aliphatic heterocycles. The van der Waals surface area contributed by atoms with Crippen molar-refractivity contribution in [3.8, 4) is 0 Å². The molecule has 0 bridgehead atoms. The van der Waals surface area contributed by atoms with Crippen LogP contribution in [0.1, 0.15) is 25.6 Å². The van der Waals surface area contributed by atoms with E-state index in [2.05, 4.69) is 20.6 Å². The molecule has 10 heteroatoms. The summed E-state index contributed by atoms with van der Waals surface area (Å²) in [4.78, 5) is 40.7. The van der Waals surface area contributed by atoms with E-state index in [0.717, 1.165) is 4.68 Å². The van der Waals surface area contributed by atoms with Gasteiger partial charge in [-0.25, -0.2) is 4.98 Å². The normalized spacial score (nSPS) is 11.9. The van der Waals surface area contributed by atoms with Crippen molar-refractivity contribution in [1.29, 1.82) is 0 Å². The fourth-order valence-electron chi connectivity index (χ4n) is 2.38. The van der Waals surface area contributed by atoms with Crippen LogP contribution in [0.3, 0.4) is 0 Å². The molecular formula is C17H17N5O4S. The van der Waals surface area contributed by atoms with Crippen molar-refractivity contribution in [2.75, 3.05) is 11.9 Å². The minimum atomic E-state index is -0.882. The molecule has 27 heavy (non-hydrogen) atoms. The van der Waals surface area contributed by atoms with Crippen molar-refractivity contribution in [2.45, 2.75) is 26.3 Å². The molecule has 0 aliphatic rings. The van der Waals surface area contributed by atoms with E-state index in [1.165, 1.54) is 11.3 Å². The zero-order valence-electron chi connectivity index (χ0n) is 14.7. The van der Waals surface area contributed by atoms with Crippen molar-refractivity contribution in [3.63, 3.8) is 0 Å². The van der Waals surface area contributed by atoms with Crippen molar-refractivity contribution >= 4 is 39.2 Å². The molecule has 3 aromatic rings. The average Bonchev–Trinajstić information content (AvgIpc) is 3.08. The highest BCUT2D eigenvalue weighted by molar-refractivity contribution is 7.13. The third-order valence-electron chi connectivity index (χ3n) is 3.75. The Morgan fingerprint density at radius 3 is 2.89 bits per heavy atom. The lowest BCUT2D eigenvalue weighted by Crippen LogP contribution is -2.34. The van der Waals surface area contributed by atoms with E-state index >= 15 is 0 Å². The quantitative estimate of drug-likeness (QED) is 0.638. The molecule has 1 N–H and O–H groups in total. The number of ether oxygens (including phenoxy) is 1. The topological polar surface area (TPSA) is 116 Å². The van der Waals surface area contributed by atoms with Crippen LogP contribution in [0.4, 0.5) is 5.13 Å². The molecule has 0 aliphatic carbocycles. The number of carbonyl (C=O) groups excluding carboxylic acids is 2.